The predicted octanol–water partition coefficient (Wildman–Crippen LogP) is -0.249. The second-order valence-electron chi connectivity index (χ2n) is 5.00. The molecule has 0 atom stereocenters. The highest BCUT2D eigenvalue weighted by molar-refractivity contribution is 7.90. The Balaban J connectivity index is 1.94. The van der Waals surface area contributed by atoms with Crippen molar-refractivity contribution in [2.45, 2.75) is 11.3 Å². The maximum Gasteiger partial charge on any atom is 0.356 e. The molecule has 0 fully saturated rings. The summed E-state index contributed by atoms with van der Waals surface area (Å²) in [5.41, 5.74) is 6.71. The maximum atomic E-state index is 12.8. The molecule has 0 aromatic heterocycles. The molecule has 0 aliphatic carbocycles. The van der Waals surface area contributed by atoms with Gasteiger partial charge in [-0.05, 0) is 42.0 Å². The van der Waals surface area contributed by atoms with Crippen molar-refractivity contribution < 1.29 is 22.5 Å². The van der Waals surface area contributed by atoms with Gasteiger partial charge in [-0.3, -0.25) is 10.7 Å². The minimum absolute atomic E-state index is 0.0659. The van der Waals surface area contributed by atoms with Gasteiger partial charge >= 0.3 is 16.0 Å². The molecule has 0 radical (unpaired) electrons. The summed E-state index contributed by atoms with van der Waals surface area (Å²) in [6.45, 7) is 0.449. The Morgan fingerprint density at radius 2 is 1.79 bits per heavy atom. The van der Waals surface area contributed by atoms with Crippen LogP contribution >= 0.6 is 0 Å². The van der Waals surface area contributed by atoms with E-state index in [0.717, 1.165) is 23.4 Å². The first-order chi connectivity index (χ1) is 11.4. The highest BCUT2D eigenvalue weighted by atomic mass is 32.2. The molecule has 24 heavy (non-hydrogen) atoms. The molecule has 0 saturated heterocycles. The van der Waals surface area contributed by atoms with E-state index in [1.807, 2.05) is 24.3 Å². The summed E-state index contributed by atoms with van der Waals surface area (Å²) in [5, 5.41) is 0. The van der Waals surface area contributed by atoms with Crippen molar-refractivity contribution in [3.63, 3.8) is 0 Å². The number of nitrogens with one attached hydrogen (secondary N) is 2. The molecule has 0 saturated carbocycles. The van der Waals surface area contributed by atoms with Crippen LogP contribution in [0.5, 0.6) is 5.75 Å². The lowest BCUT2D eigenvalue weighted by atomic mass is 10.1. The number of halogens is 1. The summed E-state index contributed by atoms with van der Waals surface area (Å²) < 4.78 is 44.3. The van der Waals surface area contributed by atoms with Crippen LogP contribution in [-0.4, -0.2) is 28.0 Å². The average Bonchev–Trinajstić information content (AvgIpc) is 2.55. The molecule has 0 aliphatic heterocycles. The van der Waals surface area contributed by atoms with Crippen LogP contribution in [0.15, 0.2) is 53.4 Å². The lowest BCUT2D eigenvalue weighted by Crippen LogP contribution is -2.79. The topological polar surface area (TPSA) is 95.4 Å². The van der Waals surface area contributed by atoms with E-state index in [2.05, 4.69) is 9.71 Å². The van der Waals surface area contributed by atoms with Crippen molar-refractivity contribution in [1.82, 2.24) is 4.72 Å². The van der Waals surface area contributed by atoms with Gasteiger partial charge in [0.05, 0.1) is 13.7 Å². The zero-order valence-corrected chi connectivity index (χ0v) is 13.9. The van der Waals surface area contributed by atoms with Crippen LogP contribution in [0.25, 0.3) is 0 Å². The van der Waals surface area contributed by atoms with Crippen LogP contribution in [0.4, 0.5) is 4.39 Å². The minimum atomic E-state index is -3.84. The third-order valence-corrected chi connectivity index (χ3v) is 4.64. The second kappa shape index (κ2) is 7.78. The van der Waals surface area contributed by atoms with Crippen molar-refractivity contribution in [2.24, 2.45) is 5.73 Å². The highest BCUT2D eigenvalue weighted by Crippen LogP contribution is 2.11. The quantitative estimate of drug-likeness (QED) is 0.494. The Kier molecular flexibility index (Phi) is 5.75. The van der Waals surface area contributed by atoms with Crippen molar-refractivity contribution in [3.05, 3.63) is 59.9 Å². The van der Waals surface area contributed by atoms with Crippen LogP contribution in [0.3, 0.4) is 0 Å². The lowest BCUT2D eigenvalue weighted by molar-refractivity contribution is -0.459. The van der Waals surface area contributed by atoms with Gasteiger partial charge in [0, 0.05) is 6.42 Å². The van der Waals surface area contributed by atoms with Crippen molar-refractivity contribution in [1.29, 1.82) is 0 Å². The van der Waals surface area contributed by atoms with Gasteiger partial charge in [0.2, 0.25) is 0 Å². The van der Waals surface area contributed by atoms with Crippen LogP contribution in [0, 0.1) is 5.82 Å². The van der Waals surface area contributed by atoms with Crippen molar-refractivity contribution in [2.75, 3.05) is 13.7 Å². The maximum absolute atomic E-state index is 12.8. The van der Waals surface area contributed by atoms with E-state index < -0.39 is 15.8 Å². The summed E-state index contributed by atoms with van der Waals surface area (Å²) in [4.78, 5) is 2.73. The number of ether oxygens (including phenoxy) is 1. The number of hydrogen-bond acceptors (Lipinski definition) is 3. The molecule has 0 heterocycles. The molecule has 128 valence electrons. The molecule has 2 rings (SSSR count). The number of rotatable bonds is 6. The van der Waals surface area contributed by atoms with E-state index in [0.29, 0.717) is 13.0 Å². The summed E-state index contributed by atoms with van der Waals surface area (Å²) in [7, 11) is -2.24. The third kappa shape index (κ3) is 4.95. The fraction of sp³-hybridized carbons (Fsp3) is 0.188. The van der Waals surface area contributed by atoms with E-state index in [1.165, 1.54) is 12.1 Å². The average molecular weight is 352 g/mol. The molecular formula is C16H19FN3O3S+. The molecule has 0 aliphatic rings. The number of guanidine groups is 1. The van der Waals surface area contributed by atoms with Gasteiger partial charge in [-0.1, -0.05) is 12.1 Å². The SMILES string of the molecule is COc1ccc(CC[NH+]=C(N)NS(=O)(=O)c2ccc(F)cc2)cc1. The molecule has 8 heteroatoms. The van der Waals surface area contributed by atoms with Gasteiger partial charge in [0.1, 0.15) is 16.5 Å². The van der Waals surface area contributed by atoms with Crippen LogP contribution in [-0.2, 0) is 16.4 Å². The van der Waals surface area contributed by atoms with E-state index >= 15 is 0 Å². The lowest BCUT2D eigenvalue weighted by Gasteiger charge is -2.03. The van der Waals surface area contributed by atoms with E-state index in [1.54, 1.807) is 7.11 Å². The Labute approximate surface area is 140 Å². The Hall–Kier alpha value is -2.61. The van der Waals surface area contributed by atoms with Crippen molar-refractivity contribution >= 4 is 16.0 Å². The first-order valence-corrected chi connectivity index (χ1v) is 8.66. The summed E-state index contributed by atoms with van der Waals surface area (Å²) in [6, 6.07) is 12.0. The standard InChI is InChI=1S/C16H18FN3O3S/c1-23-14-6-2-12(3-7-14)10-11-19-16(18)20-24(21,22)15-8-4-13(17)5-9-15/h2-9H,10-11H2,1H3,(H3,18,19,20)/p+1. The monoisotopic (exact) mass is 352 g/mol. The largest absolute Gasteiger partial charge is 0.497 e. The van der Waals surface area contributed by atoms with Crippen molar-refractivity contribution in [3.8, 4) is 5.75 Å². The first kappa shape index (κ1) is 17.7. The van der Waals surface area contributed by atoms with E-state index in [4.69, 9.17) is 10.5 Å². The van der Waals surface area contributed by atoms with Gasteiger partial charge in [0.25, 0.3) is 0 Å². The minimum Gasteiger partial charge on any atom is -0.497 e. The highest BCUT2D eigenvalue weighted by Gasteiger charge is 2.19. The fourth-order valence-corrected chi connectivity index (χ4v) is 2.96. The summed E-state index contributed by atoms with van der Waals surface area (Å²) in [6.07, 6.45) is 0.656. The van der Waals surface area contributed by atoms with Gasteiger partial charge in [-0.15, -0.1) is 0 Å². The summed E-state index contributed by atoms with van der Waals surface area (Å²) in [5.74, 6) is 0.168. The normalized spacial score (nSPS) is 12.0. The smallest absolute Gasteiger partial charge is 0.356 e. The van der Waals surface area contributed by atoms with E-state index in [-0.39, 0.29) is 10.9 Å². The predicted molar refractivity (Wildman–Crippen MR) is 88.4 cm³/mol. The molecular weight excluding hydrogens is 333 g/mol. The summed E-state index contributed by atoms with van der Waals surface area (Å²) >= 11 is 0. The first-order valence-electron chi connectivity index (χ1n) is 7.18. The molecule has 2 aromatic carbocycles. The molecule has 0 spiro atoms. The molecule has 6 nitrogen and oxygen atoms in total. The van der Waals surface area contributed by atoms with Gasteiger partial charge in [-0.25, -0.2) is 4.39 Å². The molecule has 2 aromatic rings. The van der Waals surface area contributed by atoms with Gasteiger partial charge in [0.15, 0.2) is 0 Å². The second-order valence-corrected chi connectivity index (χ2v) is 6.68. The zero-order chi connectivity index (χ0) is 17.6. The third-order valence-electron chi connectivity index (χ3n) is 3.26. The zero-order valence-electron chi connectivity index (χ0n) is 13.1. The number of methoxy groups -OCH3 is 1. The number of nitrogens with two attached hydrogens (primary N) is 1. The Bertz CT molecular complexity index is 803. The van der Waals surface area contributed by atoms with E-state index in [9.17, 15) is 12.8 Å². The molecule has 0 unspecified atom stereocenters. The van der Waals surface area contributed by atoms with Crippen LogP contribution < -0.4 is 20.2 Å². The molecule has 0 amide bonds. The van der Waals surface area contributed by atoms with Crippen LogP contribution in [0.1, 0.15) is 5.56 Å². The van der Waals surface area contributed by atoms with Gasteiger partial charge < -0.3 is 4.74 Å². The Morgan fingerprint density at radius 1 is 1.17 bits per heavy atom. The number of benzene rings is 2. The number of hydrogen-bond donors (Lipinski definition) is 3. The van der Waals surface area contributed by atoms with Gasteiger partial charge in [-0.2, -0.15) is 13.1 Å². The molecule has 4 N–H and O–H groups in total. The van der Waals surface area contributed by atoms with Crippen LogP contribution in [0.2, 0.25) is 0 Å². The molecule has 0 bridgehead atoms. The fourth-order valence-electron chi connectivity index (χ4n) is 1.99. The Morgan fingerprint density at radius 3 is 2.38 bits per heavy atom. The number of sulfonamides is 1.